The second kappa shape index (κ2) is 13.9. The Kier molecular flexibility index (Phi) is 10.5. The first kappa shape index (κ1) is 33.8. The van der Waals surface area contributed by atoms with Gasteiger partial charge in [-0.3, -0.25) is 24.0 Å². The molecule has 0 bridgehead atoms. The SMILES string of the molecule is Cc1cc(F)cc(C[C@H](N)C(=O)N[C@@H]2C(=O)N3CCC[C@H]3C(=O)N(C)[C@@H](C)C(=O)N[C@@H](C)C(=O)N3CCCC3C(=O)O[C@H]2C)c1. The van der Waals surface area contributed by atoms with Crippen molar-refractivity contribution in [3.63, 3.8) is 0 Å². The second-order valence-electron chi connectivity index (χ2n) is 12.3. The van der Waals surface area contributed by atoms with Crippen LogP contribution in [0.1, 0.15) is 57.6 Å². The summed E-state index contributed by atoms with van der Waals surface area (Å²) in [5.41, 5.74) is 7.34. The summed E-state index contributed by atoms with van der Waals surface area (Å²) >= 11 is 0. The number of aryl methyl sites for hydroxylation is 1. The number of amides is 5. The summed E-state index contributed by atoms with van der Waals surface area (Å²) in [7, 11) is 1.45. The minimum absolute atomic E-state index is 0.0214. The van der Waals surface area contributed by atoms with Crippen LogP contribution >= 0.6 is 0 Å². The van der Waals surface area contributed by atoms with Crippen molar-refractivity contribution < 1.29 is 37.9 Å². The van der Waals surface area contributed by atoms with Crippen LogP contribution in [0.2, 0.25) is 0 Å². The van der Waals surface area contributed by atoms with E-state index in [0.29, 0.717) is 36.8 Å². The number of carbonyl (C=O) groups is 6. The molecule has 3 saturated heterocycles. The Bertz CT molecular complexity index is 1340. The Morgan fingerprint density at radius 1 is 1.00 bits per heavy atom. The van der Waals surface area contributed by atoms with Gasteiger partial charge in [-0.25, -0.2) is 9.18 Å². The van der Waals surface area contributed by atoms with Crippen LogP contribution in [0, 0.1) is 12.7 Å². The molecule has 3 heterocycles. The number of benzene rings is 1. The highest BCUT2D eigenvalue weighted by molar-refractivity contribution is 5.97. The minimum atomic E-state index is -1.42. The van der Waals surface area contributed by atoms with Crippen LogP contribution in [0.4, 0.5) is 4.39 Å². The van der Waals surface area contributed by atoms with Gasteiger partial charge < -0.3 is 35.8 Å². The van der Waals surface area contributed by atoms with E-state index in [1.54, 1.807) is 13.0 Å². The molecule has 7 atom stereocenters. The van der Waals surface area contributed by atoms with Crippen LogP contribution in [0.3, 0.4) is 0 Å². The van der Waals surface area contributed by atoms with E-state index in [0.717, 1.165) is 0 Å². The van der Waals surface area contributed by atoms with Crippen molar-refractivity contribution >= 4 is 35.5 Å². The molecule has 3 fully saturated rings. The summed E-state index contributed by atoms with van der Waals surface area (Å²) in [5.74, 6) is -4.14. The molecule has 4 N–H and O–H groups in total. The second-order valence-corrected chi connectivity index (χ2v) is 12.3. The number of likely N-dealkylation sites (N-methyl/N-ethyl adjacent to an activating group) is 1. The zero-order chi connectivity index (χ0) is 33.2. The smallest absolute Gasteiger partial charge is 0.329 e. The molecule has 1 unspecified atom stereocenters. The molecule has 0 spiro atoms. The molecule has 1 aromatic rings. The van der Waals surface area contributed by atoms with Crippen molar-refractivity contribution in [3.05, 3.63) is 35.1 Å². The van der Waals surface area contributed by atoms with Gasteiger partial charge in [0, 0.05) is 20.1 Å². The van der Waals surface area contributed by atoms with Gasteiger partial charge in [0.1, 0.15) is 42.1 Å². The van der Waals surface area contributed by atoms with E-state index in [4.69, 9.17) is 10.5 Å². The minimum Gasteiger partial charge on any atom is -0.458 e. The zero-order valence-electron chi connectivity index (χ0n) is 26.4. The fourth-order valence-corrected chi connectivity index (χ4v) is 6.23. The molecule has 3 aliphatic rings. The standard InChI is InChI=1S/C31H43FN6O7/c1-16-12-20(14-21(32)13-16)15-22(33)27(40)35-25-19(4)45-31(44)24-9-7-11-38(24)28(41)17(2)34-26(39)18(3)36(5)29(42)23-8-6-10-37(23)30(25)43/h12-14,17-19,22-25H,6-11,15,33H2,1-5H3,(H,34,39)(H,35,40)/t17-,18-,19-,22-,23-,24?,25-/m0/s1. The number of hydrogen-bond acceptors (Lipinski definition) is 8. The van der Waals surface area contributed by atoms with Crippen molar-refractivity contribution in [2.24, 2.45) is 5.73 Å². The van der Waals surface area contributed by atoms with E-state index >= 15 is 0 Å². The van der Waals surface area contributed by atoms with E-state index in [1.807, 2.05) is 0 Å². The third-order valence-electron chi connectivity index (χ3n) is 8.90. The highest BCUT2D eigenvalue weighted by atomic mass is 19.1. The summed E-state index contributed by atoms with van der Waals surface area (Å²) in [6.45, 7) is 6.67. The summed E-state index contributed by atoms with van der Waals surface area (Å²) in [4.78, 5) is 84.7. The monoisotopic (exact) mass is 630 g/mol. The van der Waals surface area contributed by atoms with Crippen LogP contribution in [0.15, 0.2) is 18.2 Å². The number of nitrogens with zero attached hydrogens (tertiary/aromatic N) is 3. The number of rotatable bonds is 4. The maximum atomic E-state index is 14.1. The molecule has 14 heteroatoms. The number of nitrogens with two attached hydrogens (primary N) is 1. The van der Waals surface area contributed by atoms with Crippen LogP contribution < -0.4 is 16.4 Å². The highest BCUT2D eigenvalue weighted by Crippen LogP contribution is 2.25. The molecule has 0 aromatic heterocycles. The summed E-state index contributed by atoms with van der Waals surface area (Å²) in [6.07, 6.45) is 0.439. The Morgan fingerprint density at radius 3 is 2.27 bits per heavy atom. The molecule has 1 aromatic carbocycles. The fourth-order valence-electron chi connectivity index (χ4n) is 6.23. The van der Waals surface area contributed by atoms with Crippen molar-refractivity contribution in [3.8, 4) is 0 Å². The van der Waals surface area contributed by atoms with E-state index < -0.39 is 83.7 Å². The zero-order valence-corrected chi connectivity index (χ0v) is 26.4. The van der Waals surface area contributed by atoms with Gasteiger partial charge >= 0.3 is 5.97 Å². The molecular weight excluding hydrogens is 587 g/mol. The van der Waals surface area contributed by atoms with E-state index in [9.17, 15) is 33.2 Å². The lowest BCUT2D eigenvalue weighted by atomic mass is 10.0. The Balaban J connectivity index is 1.65. The van der Waals surface area contributed by atoms with E-state index in [-0.39, 0.29) is 19.5 Å². The lowest BCUT2D eigenvalue weighted by Gasteiger charge is -2.35. The number of cyclic esters (lactones) is 1. The predicted molar refractivity (Wildman–Crippen MR) is 160 cm³/mol. The summed E-state index contributed by atoms with van der Waals surface area (Å²) in [5, 5.41) is 5.27. The topological polar surface area (TPSA) is 171 Å². The molecule has 246 valence electrons. The first-order chi connectivity index (χ1) is 21.2. The van der Waals surface area contributed by atoms with Gasteiger partial charge in [0.2, 0.25) is 29.5 Å². The van der Waals surface area contributed by atoms with Crippen LogP contribution in [0.5, 0.6) is 0 Å². The number of nitrogens with one attached hydrogen (secondary N) is 2. The van der Waals surface area contributed by atoms with Crippen LogP contribution in [0.25, 0.3) is 0 Å². The number of ether oxygens (including phenoxy) is 1. The van der Waals surface area contributed by atoms with Crippen LogP contribution in [-0.4, -0.2) is 113 Å². The van der Waals surface area contributed by atoms with Gasteiger partial charge in [-0.1, -0.05) is 6.07 Å². The molecule has 0 aliphatic carbocycles. The summed E-state index contributed by atoms with van der Waals surface area (Å²) < 4.78 is 19.7. The van der Waals surface area contributed by atoms with E-state index in [2.05, 4.69) is 10.6 Å². The van der Waals surface area contributed by atoms with Crippen molar-refractivity contribution in [1.29, 1.82) is 0 Å². The molecule has 4 rings (SSSR count). The Morgan fingerprint density at radius 2 is 1.62 bits per heavy atom. The number of carbonyl (C=O) groups excluding carboxylic acids is 6. The molecule has 3 aliphatic heterocycles. The average molecular weight is 631 g/mol. The first-order valence-corrected chi connectivity index (χ1v) is 15.4. The normalized spacial score (nSPS) is 29.2. The summed E-state index contributed by atoms with van der Waals surface area (Å²) in [6, 6.07) is -2.08. The molecular formula is C31H43FN6O7. The number of esters is 1. The number of halogens is 1. The van der Waals surface area contributed by atoms with Crippen molar-refractivity contribution in [2.75, 3.05) is 20.1 Å². The van der Waals surface area contributed by atoms with Gasteiger partial charge in [-0.05, 0) is 83.1 Å². The molecule has 5 amide bonds. The largest absolute Gasteiger partial charge is 0.458 e. The fraction of sp³-hybridized carbons (Fsp3) is 0.613. The molecule has 0 saturated carbocycles. The van der Waals surface area contributed by atoms with Gasteiger partial charge in [-0.15, -0.1) is 0 Å². The quantitative estimate of drug-likeness (QED) is 0.383. The lowest BCUT2D eigenvalue weighted by molar-refractivity contribution is -0.162. The van der Waals surface area contributed by atoms with Gasteiger partial charge in [0.25, 0.3) is 0 Å². The van der Waals surface area contributed by atoms with Gasteiger partial charge in [0.05, 0.1) is 6.04 Å². The molecule has 0 radical (unpaired) electrons. The van der Waals surface area contributed by atoms with Gasteiger partial charge in [0.15, 0.2) is 0 Å². The molecule has 45 heavy (non-hydrogen) atoms. The lowest BCUT2D eigenvalue weighted by Crippen LogP contribution is -2.61. The first-order valence-electron chi connectivity index (χ1n) is 15.4. The Hall–Kier alpha value is -4.07. The van der Waals surface area contributed by atoms with Gasteiger partial charge in [-0.2, -0.15) is 0 Å². The van der Waals surface area contributed by atoms with Crippen molar-refractivity contribution in [2.45, 2.75) is 102 Å². The maximum absolute atomic E-state index is 14.1. The van der Waals surface area contributed by atoms with Crippen molar-refractivity contribution in [1.82, 2.24) is 25.3 Å². The number of fused-ring (bicyclic) bond motifs is 2. The van der Waals surface area contributed by atoms with Crippen LogP contribution in [-0.2, 0) is 39.9 Å². The predicted octanol–water partition coefficient (Wildman–Crippen LogP) is -0.232. The third kappa shape index (κ3) is 7.43. The Labute approximate surface area is 262 Å². The molecule has 13 nitrogen and oxygen atoms in total. The maximum Gasteiger partial charge on any atom is 0.329 e. The third-order valence-corrected chi connectivity index (χ3v) is 8.90. The highest BCUT2D eigenvalue weighted by Gasteiger charge is 2.45. The average Bonchev–Trinajstić information content (AvgIpc) is 3.67. The van der Waals surface area contributed by atoms with E-state index in [1.165, 1.54) is 54.7 Å². The number of hydrogen-bond donors (Lipinski definition) is 3.